The van der Waals surface area contributed by atoms with Gasteiger partial charge in [0.2, 0.25) is 11.8 Å². The zero-order chi connectivity index (χ0) is 57.7. The highest BCUT2D eigenvalue weighted by Gasteiger charge is 2.28. The van der Waals surface area contributed by atoms with Crippen LogP contribution in [0.1, 0.15) is 83.4 Å². The molecule has 4 aromatic carbocycles. The largest absolute Gasteiger partial charge is 0.479 e. The van der Waals surface area contributed by atoms with Crippen LogP contribution in [0.3, 0.4) is 0 Å². The number of carbonyl (C=O) groups is 4. The second kappa shape index (κ2) is 26.8. The summed E-state index contributed by atoms with van der Waals surface area (Å²) < 4.78 is 71.4. The number of ether oxygens (including phenoxy) is 2. The van der Waals surface area contributed by atoms with Crippen molar-refractivity contribution >= 4 is 67.4 Å². The molecule has 0 aliphatic rings. The van der Waals surface area contributed by atoms with Gasteiger partial charge in [0.1, 0.15) is 31.5 Å². The number of amides is 4. The molecule has 4 amide bonds. The molecule has 0 bridgehead atoms. The zero-order valence-electron chi connectivity index (χ0n) is 45.6. The van der Waals surface area contributed by atoms with E-state index in [-0.39, 0.29) is 20.2 Å². The number of benzene rings is 4. The van der Waals surface area contributed by atoms with Crippen molar-refractivity contribution in [2.24, 2.45) is 11.8 Å². The molecule has 4 heterocycles. The minimum Gasteiger partial charge on any atom is -0.479 e. The molecule has 8 rings (SSSR count). The summed E-state index contributed by atoms with van der Waals surface area (Å²) in [4.78, 5) is 59.0. The standard InChI is InChI=1S/2C29H32N4O5S2/c2*1-5-30-29(35)32-40(36,37)28-24(16-23(39-28)15-19(2)3)21-13-11-20(12-14-21)17-33-25(18-34)27(38-4)31-26(33)22-9-7-6-8-10-22/h2*6-14,16,18-19H,5,15,17H2,1-4H3,(H2,30,32,35). The molecule has 420 valence electrons. The third-order valence-corrected chi connectivity index (χ3v) is 18.2. The predicted molar refractivity (Wildman–Crippen MR) is 313 cm³/mol. The molecular formula is C58H64N8O10S4. The average molecular weight is 1160 g/mol. The smallest absolute Gasteiger partial charge is 0.328 e. The van der Waals surface area contributed by atoms with Gasteiger partial charge in [0.15, 0.2) is 12.6 Å². The lowest BCUT2D eigenvalue weighted by molar-refractivity contribution is 0.110. The molecule has 80 heavy (non-hydrogen) atoms. The number of hydrogen-bond donors (Lipinski definition) is 4. The lowest BCUT2D eigenvalue weighted by atomic mass is 10.0. The van der Waals surface area contributed by atoms with E-state index >= 15 is 0 Å². The SMILES string of the molecule is CCNC(=O)NS(=O)(=O)c1sc(CC(C)C)cc1-c1ccc(Cn2c(-c3ccccc3)nc(OC)c2C=O)cc1.CCNC(=O)NS(=O)(=O)c1sc(CC(C)C)cc1-c1ccc(Cn2c(-c3ccccc3)nc(OC)c2C=O)cc1. The van der Waals surface area contributed by atoms with E-state index in [1.165, 1.54) is 36.9 Å². The minimum absolute atomic E-state index is 0.0936. The Morgan fingerprint density at radius 2 is 0.900 bits per heavy atom. The number of nitrogens with one attached hydrogen (secondary N) is 4. The van der Waals surface area contributed by atoms with Gasteiger partial charge < -0.3 is 29.2 Å². The van der Waals surface area contributed by atoms with Crippen LogP contribution in [-0.4, -0.2) is 87.9 Å². The van der Waals surface area contributed by atoms with Gasteiger partial charge in [-0.15, -0.1) is 22.7 Å². The summed E-state index contributed by atoms with van der Waals surface area (Å²) in [7, 11) is -5.22. The first kappa shape index (κ1) is 59.7. The molecule has 0 radical (unpaired) electrons. The summed E-state index contributed by atoms with van der Waals surface area (Å²) in [5, 5.41) is 4.93. The Morgan fingerprint density at radius 1 is 0.550 bits per heavy atom. The maximum Gasteiger partial charge on any atom is 0.328 e. The van der Waals surface area contributed by atoms with Crippen LogP contribution in [0.25, 0.3) is 45.0 Å². The first-order valence-electron chi connectivity index (χ1n) is 25.7. The van der Waals surface area contributed by atoms with Crippen LogP contribution >= 0.6 is 22.7 Å². The lowest BCUT2D eigenvalue weighted by Gasteiger charge is -2.11. The molecule has 0 spiro atoms. The second-order valence-corrected chi connectivity index (χ2v) is 25.2. The molecule has 0 saturated heterocycles. The predicted octanol–water partition coefficient (Wildman–Crippen LogP) is 10.7. The summed E-state index contributed by atoms with van der Waals surface area (Å²) in [5.41, 5.74) is 6.57. The maximum absolute atomic E-state index is 13.2. The molecular weight excluding hydrogens is 1100 g/mol. The highest BCUT2D eigenvalue weighted by Crippen LogP contribution is 2.39. The number of carbonyl (C=O) groups excluding carboxylic acids is 4. The van der Waals surface area contributed by atoms with Gasteiger partial charge in [0, 0.05) is 58.2 Å². The van der Waals surface area contributed by atoms with Gasteiger partial charge in [-0.2, -0.15) is 9.97 Å². The molecule has 0 aliphatic carbocycles. The third-order valence-electron chi connectivity index (χ3n) is 12.2. The fraction of sp³-hybridized carbons (Fsp3) is 0.276. The number of rotatable bonds is 22. The number of nitrogens with zero attached hydrogens (tertiary/aromatic N) is 4. The van der Waals surface area contributed by atoms with E-state index in [0.29, 0.717) is 96.1 Å². The maximum atomic E-state index is 13.2. The van der Waals surface area contributed by atoms with Crippen LogP contribution in [0.5, 0.6) is 11.8 Å². The van der Waals surface area contributed by atoms with Crippen molar-refractivity contribution in [3.8, 4) is 56.8 Å². The van der Waals surface area contributed by atoms with Crippen molar-refractivity contribution in [3.05, 3.63) is 154 Å². The van der Waals surface area contributed by atoms with Crippen molar-refractivity contribution < 1.29 is 45.5 Å². The summed E-state index contributed by atoms with van der Waals surface area (Å²) in [6, 6.07) is 36.2. The van der Waals surface area contributed by atoms with Crippen molar-refractivity contribution in [3.63, 3.8) is 0 Å². The van der Waals surface area contributed by atoms with Crippen LogP contribution < -0.4 is 29.6 Å². The van der Waals surface area contributed by atoms with E-state index in [0.717, 1.165) is 44.6 Å². The molecule has 0 fully saturated rings. The van der Waals surface area contributed by atoms with E-state index < -0.39 is 32.1 Å². The number of aromatic nitrogens is 4. The molecule has 4 N–H and O–H groups in total. The number of imidazole rings is 2. The van der Waals surface area contributed by atoms with Crippen LogP contribution in [0.2, 0.25) is 0 Å². The molecule has 0 saturated carbocycles. The van der Waals surface area contributed by atoms with Crippen LogP contribution in [0, 0.1) is 11.8 Å². The monoisotopic (exact) mass is 1160 g/mol. The second-order valence-electron chi connectivity index (χ2n) is 19.1. The van der Waals surface area contributed by atoms with Crippen molar-refractivity contribution in [1.82, 2.24) is 39.2 Å². The van der Waals surface area contributed by atoms with Gasteiger partial charge in [-0.3, -0.25) is 9.59 Å². The van der Waals surface area contributed by atoms with Gasteiger partial charge in [-0.05, 0) is 72.9 Å². The van der Waals surface area contributed by atoms with Crippen molar-refractivity contribution in [2.45, 2.75) is 75.9 Å². The van der Waals surface area contributed by atoms with E-state index in [2.05, 4.69) is 57.7 Å². The topological polar surface area (TPSA) is 239 Å². The highest BCUT2D eigenvalue weighted by molar-refractivity contribution is 7.92. The van der Waals surface area contributed by atoms with Gasteiger partial charge in [-0.1, -0.05) is 137 Å². The number of hydrogen-bond acceptors (Lipinski definition) is 14. The van der Waals surface area contributed by atoms with Crippen molar-refractivity contribution in [1.29, 1.82) is 0 Å². The summed E-state index contributed by atoms with van der Waals surface area (Å²) >= 11 is 2.34. The molecule has 8 aromatic rings. The van der Waals surface area contributed by atoms with E-state index in [1.807, 2.05) is 121 Å². The first-order chi connectivity index (χ1) is 38.3. The lowest BCUT2D eigenvalue weighted by Crippen LogP contribution is -2.39. The van der Waals surface area contributed by atoms with Crippen LogP contribution in [0.4, 0.5) is 9.59 Å². The minimum atomic E-state index is -4.09. The molecule has 0 unspecified atom stereocenters. The third kappa shape index (κ3) is 14.5. The van der Waals surface area contributed by atoms with Gasteiger partial charge in [0.05, 0.1) is 14.2 Å². The van der Waals surface area contributed by atoms with E-state index in [4.69, 9.17) is 9.47 Å². The zero-order valence-corrected chi connectivity index (χ0v) is 48.9. The normalized spacial score (nSPS) is 11.4. The summed E-state index contributed by atoms with van der Waals surface area (Å²) in [6.45, 7) is 13.0. The Labute approximate surface area is 474 Å². The van der Waals surface area contributed by atoms with Crippen molar-refractivity contribution in [2.75, 3.05) is 27.3 Å². The Balaban J connectivity index is 0.000000231. The van der Waals surface area contributed by atoms with Gasteiger partial charge in [0.25, 0.3) is 20.0 Å². The number of aldehydes is 2. The van der Waals surface area contributed by atoms with E-state index in [1.54, 1.807) is 23.0 Å². The average Bonchev–Trinajstić information content (AvgIpc) is 4.27. The Bertz CT molecular complexity index is 3420. The van der Waals surface area contributed by atoms with E-state index in [9.17, 15) is 36.0 Å². The Hall–Kier alpha value is -7.92. The van der Waals surface area contributed by atoms with Crippen LogP contribution in [0.15, 0.2) is 130 Å². The fourth-order valence-corrected chi connectivity index (χ4v) is 14.4. The van der Waals surface area contributed by atoms with Gasteiger partial charge in [-0.25, -0.2) is 35.9 Å². The molecule has 0 aliphatic heterocycles. The number of thiophene rings is 2. The highest BCUT2D eigenvalue weighted by atomic mass is 32.3. The van der Waals surface area contributed by atoms with Crippen LogP contribution in [-0.2, 0) is 46.0 Å². The first-order valence-corrected chi connectivity index (χ1v) is 30.3. The number of urea groups is 2. The fourth-order valence-electron chi connectivity index (χ4n) is 8.68. The number of methoxy groups -OCH3 is 2. The molecule has 18 nitrogen and oxygen atoms in total. The number of sulfonamides is 2. The summed E-state index contributed by atoms with van der Waals surface area (Å²) in [5.74, 6) is 2.36. The quantitative estimate of drug-likeness (QED) is 0.0464. The molecule has 22 heteroatoms. The Morgan fingerprint density at radius 3 is 1.20 bits per heavy atom. The molecule has 4 aromatic heterocycles. The van der Waals surface area contributed by atoms with Gasteiger partial charge >= 0.3 is 12.1 Å². The molecule has 0 atom stereocenters. The summed E-state index contributed by atoms with van der Waals surface area (Å²) in [6.07, 6.45) is 2.89. The Kier molecular flexibility index (Phi) is 20.0.